The zero-order chi connectivity index (χ0) is 29.5. The standard InChI is InChI=1S/C33H36N2O7/c1-32-17-8-3-4-9-20-41-31(39)27(32)26-29(37)35(25(21-36)22-11-6-5-7-12-22)28-30(38)34(19-10-18-33(26,28)42-32)23-13-15-24(40-2)16-14-23/h5-8,10-18,25-28,36H,3-4,9,19-21H2,1-2H3/b17-8-/t25-,26+,27-,28?,32+,33+/m1/s1. The van der Waals surface area contributed by atoms with Gasteiger partial charge in [0, 0.05) is 12.2 Å². The van der Waals surface area contributed by atoms with Crippen molar-refractivity contribution in [2.75, 3.05) is 31.8 Å². The van der Waals surface area contributed by atoms with E-state index >= 15 is 0 Å². The Hall–Kier alpha value is -3.95. The maximum atomic E-state index is 14.7. The number of amides is 2. The molecule has 1 unspecified atom stereocenters. The minimum absolute atomic E-state index is 0.234. The van der Waals surface area contributed by atoms with Crippen LogP contribution < -0.4 is 9.64 Å². The van der Waals surface area contributed by atoms with Crippen molar-refractivity contribution in [3.05, 3.63) is 84.5 Å². The number of benzene rings is 2. The molecule has 0 aromatic heterocycles. The number of cyclic esters (lactones) is 1. The summed E-state index contributed by atoms with van der Waals surface area (Å²) >= 11 is 0. The number of esters is 1. The molecule has 42 heavy (non-hydrogen) atoms. The van der Waals surface area contributed by atoms with E-state index in [0.29, 0.717) is 23.4 Å². The monoisotopic (exact) mass is 572 g/mol. The van der Waals surface area contributed by atoms with Crippen LogP contribution in [0.5, 0.6) is 5.75 Å². The van der Waals surface area contributed by atoms with Crippen LogP contribution in [0.15, 0.2) is 78.9 Å². The van der Waals surface area contributed by atoms with E-state index in [1.165, 1.54) is 4.90 Å². The minimum Gasteiger partial charge on any atom is -0.497 e. The third-order valence-electron chi connectivity index (χ3n) is 9.02. The van der Waals surface area contributed by atoms with Gasteiger partial charge in [-0.05, 0) is 56.0 Å². The summed E-state index contributed by atoms with van der Waals surface area (Å²) < 4.78 is 17.9. The molecule has 4 aliphatic heterocycles. The quantitative estimate of drug-likeness (QED) is 0.431. The average Bonchev–Trinajstić information content (AvgIpc) is 3.33. The Morgan fingerprint density at radius 2 is 1.74 bits per heavy atom. The van der Waals surface area contributed by atoms with Crippen LogP contribution >= 0.6 is 0 Å². The predicted molar refractivity (Wildman–Crippen MR) is 155 cm³/mol. The topological polar surface area (TPSA) is 106 Å². The van der Waals surface area contributed by atoms with Gasteiger partial charge in [0.2, 0.25) is 5.91 Å². The largest absolute Gasteiger partial charge is 0.497 e. The number of aliphatic hydroxyl groups is 1. The molecule has 4 aliphatic rings. The van der Waals surface area contributed by atoms with E-state index in [-0.39, 0.29) is 19.1 Å². The Morgan fingerprint density at radius 1 is 0.976 bits per heavy atom. The van der Waals surface area contributed by atoms with Gasteiger partial charge in [-0.1, -0.05) is 54.6 Å². The lowest BCUT2D eigenvalue weighted by Gasteiger charge is -2.40. The van der Waals surface area contributed by atoms with E-state index in [1.54, 1.807) is 49.3 Å². The van der Waals surface area contributed by atoms with Crippen LogP contribution in [0.25, 0.3) is 0 Å². The number of nitrogens with zero attached hydrogens (tertiary/aromatic N) is 2. The van der Waals surface area contributed by atoms with Crippen LogP contribution in [0, 0.1) is 11.8 Å². The molecule has 1 spiro atoms. The zero-order valence-electron chi connectivity index (χ0n) is 23.8. The maximum Gasteiger partial charge on any atom is 0.313 e. The Labute approximate surface area is 245 Å². The number of allylic oxidation sites excluding steroid dienone is 1. The van der Waals surface area contributed by atoms with E-state index in [9.17, 15) is 19.5 Å². The highest BCUT2D eigenvalue weighted by atomic mass is 16.6. The number of carbonyl (C=O) groups is 3. The highest BCUT2D eigenvalue weighted by molar-refractivity contribution is 6.05. The van der Waals surface area contributed by atoms with Crippen molar-refractivity contribution in [1.29, 1.82) is 0 Å². The van der Waals surface area contributed by atoms with Crippen LogP contribution in [0.3, 0.4) is 0 Å². The molecule has 220 valence electrons. The summed E-state index contributed by atoms with van der Waals surface area (Å²) in [7, 11) is 1.57. The summed E-state index contributed by atoms with van der Waals surface area (Å²) in [6, 6.07) is 14.3. The fraction of sp³-hybridized carbons (Fsp3) is 0.424. The van der Waals surface area contributed by atoms with E-state index in [2.05, 4.69) is 0 Å². The van der Waals surface area contributed by atoms with Gasteiger partial charge >= 0.3 is 5.97 Å². The molecule has 2 fully saturated rings. The van der Waals surface area contributed by atoms with E-state index in [4.69, 9.17) is 14.2 Å². The number of likely N-dealkylation sites (tertiary alicyclic amines) is 1. The minimum atomic E-state index is -1.46. The van der Waals surface area contributed by atoms with Crippen molar-refractivity contribution in [2.24, 2.45) is 11.8 Å². The molecule has 2 aromatic carbocycles. The zero-order valence-corrected chi connectivity index (χ0v) is 23.8. The predicted octanol–water partition coefficient (Wildman–Crippen LogP) is 3.59. The van der Waals surface area contributed by atoms with Gasteiger partial charge in [0.1, 0.15) is 23.3 Å². The second-order valence-electron chi connectivity index (χ2n) is 11.5. The summed E-state index contributed by atoms with van der Waals surface area (Å²) in [6.07, 6.45) is 9.83. The van der Waals surface area contributed by atoms with Crippen molar-refractivity contribution in [3.8, 4) is 5.75 Å². The van der Waals surface area contributed by atoms with Crippen molar-refractivity contribution in [1.82, 2.24) is 4.90 Å². The Bertz CT molecular complexity index is 1410. The lowest BCUT2D eigenvalue weighted by molar-refractivity contribution is -0.160. The Kier molecular flexibility index (Phi) is 7.41. The van der Waals surface area contributed by atoms with Gasteiger partial charge < -0.3 is 29.1 Å². The number of rotatable bonds is 5. The van der Waals surface area contributed by atoms with Crippen molar-refractivity contribution >= 4 is 23.5 Å². The van der Waals surface area contributed by atoms with E-state index < -0.39 is 53.6 Å². The molecule has 6 rings (SSSR count). The second-order valence-corrected chi connectivity index (χ2v) is 11.5. The molecule has 2 aromatic rings. The van der Waals surface area contributed by atoms with Crippen molar-refractivity contribution in [2.45, 2.75) is 49.5 Å². The first-order chi connectivity index (χ1) is 20.3. The third kappa shape index (κ3) is 4.42. The van der Waals surface area contributed by atoms with Gasteiger partial charge in [-0.3, -0.25) is 14.4 Å². The average molecular weight is 573 g/mol. The number of ether oxygens (including phenoxy) is 3. The Balaban J connectivity index is 1.52. The molecule has 2 saturated heterocycles. The number of hydrogen-bond donors (Lipinski definition) is 1. The van der Waals surface area contributed by atoms with Crippen LogP contribution in [0.2, 0.25) is 0 Å². The van der Waals surface area contributed by atoms with E-state index in [1.807, 2.05) is 48.6 Å². The number of hydrogen-bond acceptors (Lipinski definition) is 7. The van der Waals surface area contributed by atoms with Crippen molar-refractivity contribution in [3.63, 3.8) is 0 Å². The van der Waals surface area contributed by atoms with Gasteiger partial charge in [-0.25, -0.2) is 0 Å². The molecule has 0 radical (unpaired) electrons. The lowest BCUT2D eigenvalue weighted by atomic mass is 9.74. The summed E-state index contributed by atoms with van der Waals surface area (Å²) in [5, 5.41) is 10.7. The maximum absolute atomic E-state index is 14.7. The fourth-order valence-corrected chi connectivity index (χ4v) is 7.10. The molecular weight excluding hydrogens is 536 g/mol. The van der Waals surface area contributed by atoms with Gasteiger partial charge in [0.25, 0.3) is 5.91 Å². The molecule has 0 saturated carbocycles. The first kappa shape index (κ1) is 28.2. The number of fused-ring (bicyclic) bond motifs is 2. The summed E-state index contributed by atoms with van der Waals surface area (Å²) in [5.74, 6) is -2.66. The normalized spacial score (nSPS) is 32.4. The molecule has 9 heteroatoms. The summed E-state index contributed by atoms with van der Waals surface area (Å²) in [4.78, 5) is 46.2. The number of carbonyl (C=O) groups excluding carboxylic acids is 3. The molecule has 0 bridgehead atoms. The van der Waals surface area contributed by atoms with Gasteiger partial charge in [0.15, 0.2) is 0 Å². The van der Waals surface area contributed by atoms with Crippen LogP contribution in [-0.2, 0) is 23.9 Å². The molecule has 4 heterocycles. The smallest absolute Gasteiger partial charge is 0.313 e. The van der Waals surface area contributed by atoms with Crippen LogP contribution in [-0.4, -0.2) is 71.9 Å². The van der Waals surface area contributed by atoms with Crippen LogP contribution in [0.4, 0.5) is 5.69 Å². The SMILES string of the molecule is COc1ccc(N2CC=C[C@]34O[C@@]5(C)/C=C\CCCCOC(=O)[C@H]5[C@H]3C(=O)N([C@H](CO)c3ccccc3)C4C2=O)cc1. The fourth-order valence-electron chi connectivity index (χ4n) is 7.10. The number of aliphatic hydroxyl groups excluding tert-OH is 1. The summed E-state index contributed by atoms with van der Waals surface area (Å²) in [5.41, 5.74) is -1.34. The summed E-state index contributed by atoms with van der Waals surface area (Å²) in [6.45, 7) is 1.87. The number of anilines is 1. The van der Waals surface area contributed by atoms with Gasteiger partial charge in [-0.2, -0.15) is 0 Å². The van der Waals surface area contributed by atoms with Crippen molar-refractivity contribution < 1.29 is 33.7 Å². The first-order valence-corrected chi connectivity index (χ1v) is 14.5. The molecule has 6 atom stereocenters. The van der Waals surface area contributed by atoms with Crippen LogP contribution in [0.1, 0.15) is 37.8 Å². The lowest BCUT2D eigenvalue weighted by Crippen LogP contribution is -2.57. The van der Waals surface area contributed by atoms with E-state index in [0.717, 1.165) is 12.8 Å². The van der Waals surface area contributed by atoms with Gasteiger partial charge in [-0.15, -0.1) is 0 Å². The first-order valence-electron chi connectivity index (χ1n) is 14.5. The molecule has 2 amide bonds. The molecule has 0 aliphatic carbocycles. The highest BCUT2D eigenvalue weighted by Crippen LogP contribution is 2.58. The molecule has 9 nitrogen and oxygen atoms in total. The Morgan fingerprint density at radius 3 is 2.45 bits per heavy atom. The molecular formula is C33H36N2O7. The van der Waals surface area contributed by atoms with Gasteiger partial charge in [0.05, 0.1) is 37.9 Å². The highest BCUT2D eigenvalue weighted by Gasteiger charge is 2.75. The molecule has 1 N–H and O–H groups in total. The second kappa shape index (κ2) is 11.0. The third-order valence-corrected chi connectivity index (χ3v) is 9.02. The number of methoxy groups -OCH3 is 1.